The van der Waals surface area contributed by atoms with Gasteiger partial charge in [0.2, 0.25) is 5.91 Å². The summed E-state index contributed by atoms with van der Waals surface area (Å²) >= 11 is 0. The molecule has 1 fully saturated rings. The van der Waals surface area contributed by atoms with Crippen molar-refractivity contribution in [3.05, 3.63) is 41.0 Å². The zero-order valence-corrected chi connectivity index (χ0v) is 17.6. The number of likely N-dealkylation sites (tertiary alicyclic amines) is 1. The average Bonchev–Trinajstić information content (AvgIpc) is 3.31. The predicted molar refractivity (Wildman–Crippen MR) is 106 cm³/mol. The number of hydrogen-bond acceptors (Lipinski definition) is 5. The second-order valence-electron chi connectivity index (χ2n) is 8.26. The molecule has 0 saturated carbocycles. The van der Waals surface area contributed by atoms with Gasteiger partial charge in [0.25, 0.3) is 5.71 Å². The maximum atomic E-state index is 13.7. The Morgan fingerprint density at radius 2 is 2.10 bits per heavy atom. The number of rotatable bonds is 4. The van der Waals surface area contributed by atoms with E-state index in [1.165, 1.54) is 6.92 Å². The SMILES string of the molecule is Cc1cc(C(F)(F)F)c2c([C@@H]3CCCN(C(=O)[C@@H](C)Cn4ccc(C)n4)C3)noc2n1. The summed E-state index contributed by atoms with van der Waals surface area (Å²) in [5.41, 5.74) is 0.401. The van der Waals surface area contributed by atoms with Crippen LogP contribution < -0.4 is 0 Å². The van der Waals surface area contributed by atoms with E-state index in [2.05, 4.69) is 15.2 Å². The molecule has 4 rings (SSSR count). The Labute approximate surface area is 177 Å². The lowest BCUT2D eigenvalue weighted by molar-refractivity contribution is -0.137. The molecule has 31 heavy (non-hydrogen) atoms. The maximum Gasteiger partial charge on any atom is 0.417 e. The summed E-state index contributed by atoms with van der Waals surface area (Å²) in [5, 5.41) is 8.17. The fourth-order valence-corrected chi connectivity index (χ4v) is 4.23. The molecular weight excluding hydrogens is 411 g/mol. The Bertz CT molecular complexity index is 1100. The van der Waals surface area contributed by atoms with Crippen LogP contribution in [0.25, 0.3) is 11.1 Å². The van der Waals surface area contributed by atoms with Crippen LogP contribution in [-0.2, 0) is 17.5 Å². The van der Waals surface area contributed by atoms with Crippen molar-refractivity contribution >= 4 is 17.0 Å². The predicted octanol–water partition coefficient (Wildman–Crippen LogP) is 4.10. The van der Waals surface area contributed by atoms with Crippen LogP contribution in [0.3, 0.4) is 0 Å². The van der Waals surface area contributed by atoms with Crippen LogP contribution in [-0.4, -0.2) is 43.8 Å². The number of halogens is 3. The molecular formula is C21H24F3N5O2. The summed E-state index contributed by atoms with van der Waals surface area (Å²) in [7, 11) is 0. The molecule has 0 unspecified atom stereocenters. The van der Waals surface area contributed by atoms with Gasteiger partial charge < -0.3 is 9.42 Å². The zero-order chi connectivity index (χ0) is 22.3. The standard InChI is InChI=1S/C21H24F3N5O2/c1-12(10-29-8-6-13(2)26-29)20(30)28-7-4-5-15(11-28)18-17-16(21(22,23)24)9-14(3)25-19(17)31-27-18/h6,8-9,12,15H,4-5,7,10-11H2,1-3H3/t12-,15+/m0/s1. The van der Waals surface area contributed by atoms with Crippen LogP contribution in [0.4, 0.5) is 13.2 Å². The first kappa shape index (κ1) is 21.3. The summed E-state index contributed by atoms with van der Waals surface area (Å²) < 4.78 is 47.9. The second-order valence-corrected chi connectivity index (χ2v) is 8.26. The van der Waals surface area contributed by atoms with E-state index in [4.69, 9.17) is 4.52 Å². The summed E-state index contributed by atoms with van der Waals surface area (Å²) in [5.74, 6) is -0.693. The van der Waals surface area contributed by atoms with Gasteiger partial charge in [-0.15, -0.1) is 0 Å². The van der Waals surface area contributed by atoms with E-state index in [0.717, 1.165) is 11.8 Å². The van der Waals surface area contributed by atoms with Crippen molar-refractivity contribution in [2.45, 2.75) is 52.3 Å². The Morgan fingerprint density at radius 1 is 1.32 bits per heavy atom. The van der Waals surface area contributed by atoms with E-state index in [9.17, 15) is 18.0 Å². The number of carbonyl (C=O) groups is 1. The highest BCUT2D eigenvalue weighted by atomic mass is 19.4. The van der Waals surface area contributed by atoms with Gasteiger partial charge in [-0.1, -0.05) is 12.1 Å². The van der Waals surface area contributed by atoms with E-state index >= 15 is 0 Å². The Kier molecular flexibility index (Phi) is 5.49. The average molecular weight is 435 g/mol. The van der Waals surface area contributed by atoms with E-state index in [0.29, 0.717) is 32.5 Å². The first-order chi connectivity index (χ1) is 14.6. The molecule has 0 N–H and O–H groups in total. The number of pyridine rings is 1. The molecule has 0 spiro atoms. The van der Waals surface area contributed by atoms with Crippen LogP contribution in [0.1, 0.15) is 48.3 Å². The maximum absolute atomic E-state index is 13.7. The van der Waals surface area contributed by atoms with Gasteiger partial charge in [-0.05, 0) is 38.8 Å². The third-order valence-corrected chi connectivity index (χ3v) is 5.68. The number of piperidine rings is 1. The van der Waals surface area contributed by atoms with E-state index < -0.39 is 11.7 Å². The molecule has 166 valence electrons. The molecule has 0 radical (unpaired) electrons. The topological polar surface area (TPSA) is 77.0 Å². The Morgan fingerprint density at radius 3 is 2.77 bits per heavy atom. The molecule has 1 saturated heterocycles. The van der Waals surface area contributed by atoms with Crippen LogP contribution in [0.15, 0.2) is 22.9 Å². The number of fused-ring (bicyclic) bond motifs is 1. The molecule has 4 heterocycles. The molecule has 7 nitrogen and oxygen atoms in total. The van der Waals surface area contributed by atoms with Crippen molar-refractivity contribution in [2.24, 2.45) is 5.92 Å². The number of aromatic nitrogens is 4. The summed E-state index contributed by atoms with van der Waals surface area (Å²) in [6, 6.07) is 2.89. The number of alkyl halides is 3. The Balaban J connectivity index is 1.57. The largest absolute Gasteiger partial charge is 0.417 e. The normalized spacial score (nSPS) is 18.5. The third kappa shape index (κ3) is 4.28. The fourth-order valence-electron chi connectivity index (χ4n) is 4.23. The first-order valence-electron chi connectivity index (χ1n) is 10.3. The Hall–Kier alpha value is -2.91. The van der Waals surface area contributed by atoms with Crippen molar-refractivity contribution in [2.75, 3.05) is 13.1 Å². The van der Waals surface area contributed by atoms with E-state index in [1.54, 1.807) is 9.58 Å². The van der Waals surface area contributed by atoms with Crippen LogP contribution in [0, 0.1) is 19.8 Å². The van der Waals surface area contributed by atoms with Crippen LogP contribution >= 0.6 is 0 Å². The quantitative estimate of drug-likeness (QED) is 0.617. The first-order valence-corrected chi connectivity index (χ1v) is 10.3. The summed E-state index contributed by atoms with van der Waals surface area (Å²) in [6.45, 7) is 6.52. The van der Waals surface area contributed by atoms with Gasteiger partial charge in [0.05, 0.1) is 34.8 Å². The van der Waals surface area contributed by atoms with Crippen molar-refractivity contribution in [3.63, 3.8) is 0 Å². The number of carbonyl (C=O) groups excluding carboxylic acids is 1. The van der Waals surface area contributed by atoms with Crippen LogP contribution in [0.5, 0.6) is 0 Å². The fraction of sp³-hybridized carbons (Fsp3) is 0.524. The highest BCUT2D eigenvalue weighted by molar-refractivity contribution is 5.82. The number of aryl methyl sites for hydroxylation is 2. The highest BCUT2D eigenvalue weighted by Crippen LogP contribution is 2.40. The molecule has 3 aromatic rings. The molecule has 3 aromatic heterocycles. The summed E-state index contributed by atoms with van der Waals surface area (Å²) in [6.07, 6.45) is -1.41. The van der Waals surface area contributed by atoms with Crippen molar-refractivity contribution in [3.8, 4) is 0 Å². The minimum atomic E-state index is -4.55. The number of nitrogens with zero attached hydrogens (tertiary/aromatic N) is 5. The molecule has 0 aliphatic carbocycles. The lowest BCUT2D eigenvalue weighted by Crippen LogP contribution is -2.42. The van der Waals surface area contributed by atoms with Crippen molar-refractivity contribution in [1.82, 2.24) is 24.8 Å². The third-order valence-electron chi connectivity index (χ3n) is 5.68. The number of hydrogen-bond donors (Lipinski definition) is 0. The molecule has 1 aliphatic heterocycles. The molecule has 0 aromatic carbocycles. The smallest absolute Gasteiger partial charge is 0.342 e. The highest BCUT2D eigenvalue weighted by Gasteiger charge is 2.38. The monoisotopic (exact) mass is 435 g/mol. The lowest BCUT2D eigenvalue weighted by Gasteiger charge is -2.33. The van der Waals surface area contributed by atoms with Gasteiger partial charge in [-0.25, -0.2) is 4.98 Å². The summed E-state index contributed by atoms with van der Waals surface area (Å²) in [4.78, 5) is 18.8. The number of amides is 1. The van der Waals surface area contributed by atoms with Gasteiger partial charge in [0.15, 0.2) is 0 Å². The second kappa shape index (κ2) is 7.97. The van der Waals surface area contributed by atoms with E-state index in [-0.39, 0.29) is 40.2 Å². The molecule has 0 bridgehead atoms. The van der Waals surface area contributed by atoms with Crippen LogP contribution in [0.2, 0.25) is 0 Å². The lowest BCUT2D eigenvalue weighted by atomic mass is 9.91. The van der Waals surface area contributed by atoms with Gasteiger partial charge in [-0.3, -0.25) is 9.48 Å². The minimum Gasteiger partial charge on any atom is -0.342 e. The van der Waals surface area contributed by atoms with Gasteiger partial charge in [0, 0.05) is 30.9 Å². The van der Waals surface area contributed by atoms with Gasteiger partial charge in [0.1, 0.15) is 0 Å². The van der Waals surface area contributed by atoms with Crippen molar-refractivity contribution < 1.29 is 22.5 Å². The molecule has 1 amide bonds. The van der Waals surface area contributed by atoms with Crippen molar-refractivity contribution in [1.29, 1.82) is 0 Å². The van der Waals surface area contributed by atoms with E-state index in [1.807, 2.05) is 26.1 Å². The van der Waals surface area contributed by atoms with Gasteiger partial charge in [-0.2, -0.15) is 18.3 Å². The zero-order valence-electron chi connectivity index (χ0n) is 17.6. The minimum absolute atomic E-state index is 0.0457. The molecule has 2 atom stereocenters. The molecule has 1 aliphatic rings. The van der Waals surface area contributed by atoms with Gasteiger partial charge >= 0.3 is 6.18 Å². The molecule has 10 heteroatoms.